The summed E-state index contributed by atoms with van der Waals surface area (Å²) in [5.41, 5.74) is 0. The van der Waals surface area contributed by atoms with Crippen molar-refractivity contribution in [2.75, 3.05) is 13.4 Å². The Bertz CT molecular complexity index is 106. The maximum atomic E-state index is 11.8. The minimum Gasteiger partial charge on any atom is -0.355 e. The van der Waals surface area contributed by atoms with Gasteiger partial charge in [-0.05, 0) is 0 Å². The first-order valence-electron chi connectivity index (χ1n) is 2.87. The first kappa shape index (κ1) is 7.81. The van der Waals surface area contributed by atoms with Gasteiger partial charge in [-0.3, -0.25) is 0 Å². The monoisotopic (exact) mass is 156 g/mol. The van der Waals surface area contributed by atoms with Crippen molar-refractivity contribution in [3.8, 4) is 0 Å². The summed E-state index contributed by atoms with van der Waals surface area (Å²) in [6.45, 7) is -0.117. The molecule has 0 saturated carbocycles. The smallest absolute Gasteiger partial charge is 0.355 e. The quantitative estimate of drug-likeness (QED) is 0.526. The van der Waals surface area contributed by atoms with Gasteiger partial charge in [-0.25, -0.2) is 0 Å². The normalized spacial score (nSPS) is 28.5. The highest BCUT2D eigenvalue weighted by atomic mass is 19.4. The van der Waals surface area contributed by atoms with E-state index in [0.717, 1.165) is 0 Å². The fourth-order valence-corrected chi connectivity index (χ4v) is 0.721. The van der Waals surface area contributed by atoms with E-state index in [-0.39, 0.29) is 19.8 Å². The number of halogens is 3. The van der Waals surface area contributed by atoms with Crippen LogP contribution in [-0.4, -0.2) is 25.7 Å². The van der Waals surface area contributed by atoms with Crippen LogP contribution < -0.4 is 0 Å². The number of hydrogen-bond acceptors (Lipinski definition) is 2. The molecular weight excluding hydrogens is 149 g/mol. The van der Waals surface area contributed by atoms with Crippen molar-refractivity contribution in [2.24, 2.45) is 0 Å². The molecule has 60 valence electrons. The fraction of sp³-hybridized carbons (Fsp3) is 1.00. The molecule has 10 heavy (non-hydrogen) atoms. The van der Waals surface area contributed by atoms with Gasteiger partial charge in [-0.1, -0.05) is 0 Å². The summed E-state index contributed by atoms with van der Waals surface area (Å²) in [5, 5.41) is 0. The Hall–Kier alpha value is -0.290. The molecular formula is C5H7F3O2. The molecule has 0 aliphatic carbocycles. The summed E-state index contributed by atoms with van der Waals surface area (Å²) in [4.78, 5) is 0. The van der Waals surface area contributed by atoms with Crippen molar-refractivity contribution in [1.82, 2.24) is 0 Å². The standard InChI is InChI=1S/C5H7F3O2/c6-5(7,8)4-1-2-9-3-10-4/h4H,1-3H2. The van der Waals surface area contributed by atoms with Crippen molar-refractivity contribution in [3.05, 3.63) is 0 Å². The van der Waals surface area contributed by atoms with Crippen molar-refractivity contribution < 1.29 is 22.6 Å². The fourth-order valence-electron chi connectivity index (χ4n) is 0.721. The van der Waals surface area contributed by atoms with E-state index in [1.165, 1.54) is 0 Å². The summed E-state index contributed by atoms with van der Waals surface area (Å²) >= 11 is 0. The summed E-state index contributed by atoms with van der Waals surface area (Å²) in [6, 6.07) is 0. The molecule has 5 heteroatoms. The zero-order chi connectivity index (χ0) is 7.61. The van der Waals surface area contributed by atoms with E-state index in [0.29, 0.717) is 0 Å². The van der Waals surface area contributed by atoms with Gasteiger partial charge in [-0.15, -0.1) is 0 Å². The molecule has 0 bridgehead atoms. The molecule has 0 N–H and O–H groups in total. The molecule has 1 aliphatic rings. The maximum absolute atomic E-state index is 11.8. The number of ether oxygens (including phenoxy) is 2. The molecule has 0 radical (unpaired) electrons. The Labute approximate surface area is 55.9 Å². The predicted octanol–water partition coefficient (Wildman–Crippen LogP) is 1.31. The second kappa shape index (κ2) is 2.75. The van der Waals surface area contributed by atoms with Gasteiger partial charge in [0, 0.05) is 6.42 Å². The highest BCUT2D eigenvalue weighted by molar-refractivity contribution is 4.68. The van der Waals surface area contributed by atoms with E-state index >= 15 is 0 Å². The molecule has 0 aromatic heterocycles. The van der Waals surface area contributed by atoms with E-state index in [1.807, 2.05) is 0 Å². The first-order chi connectivity index (χ1) is 4.61. The van der Waals surface area contributed by atoms with Crippen molar-refractivity contribution in [2.45, 2.75) is 18.7 Å². The largest absolute Gasteiger partial charge is 0.414 e. The number of rotatable bonds is 0. The molecule has 1 fully saturated rings. The third-order valence-electron chi connectivity index (χ3n) is 1.24. The van der Waals surface area contributed by atoms with E-state index in [2.05, 4.69) is 9.47 Å². The Balaban J connectivity index is 2.39. The lowest BCUT2D eigenvalue weighted by Gasteiger charge is -2.24. The first-order valence-corrected chi connectivity index (χ1v) is 2.87. The second-order valence-electron chi connectivity index (χ2n) is 2.01. The van der Waals surface area contributed by atoms with Crippen LogP contribution >= 0.6 is 0 Å². The van der Waals surface area contributed by atoms with E-state index < -0.39 is 12.3 Å². The lowest BCUT2D eigenvalue weighted by atomic mass is 10.2. The van der Waals surface area contributed by atoms with Crippen LogP contribution in [0.15, 0.2) is 0 Å². The maximum Gasteiger partial charge on any atom is 0.414 e. The highest BCUT2D eigenvalue weighted by Gasteiger charge is 2.41. The van der Waals surface area contributed by atoms with Crippen LogP contribution in [0, 0.1) is 0 Å². The van der Waals surface area contributed by atoms with Gasteiger partial charge < -0.3 is 9.47 Å². The molecule has 1 heterocycles. The van der Waals surface area contributed by atoms with Crippen LogP contribution in [0.5, 0.6) is 0 Å². The molecule has 1 atom stereocenters. The molecule has 1 aliphatic heterocycles. The second-order valence-corrected chi connectivity index (χ2v) is 2.01. The predicted molar refractivity (Wildman–Crippen MR) is 26.4 cm³/mol. The average Bonchev–Trinajstić information content (AvgIpc) is 1.88. The van der Waals surface area contributed by atoms with Crippen molar-refractivity contribution in [1.29, 1.82) is 0 Å². The Morgan fingerprint density at radius 3 is 2.30 bits per heavy atom. The Kier molecular flexibility index (Phi) is 2.15. The van der Waals surface area contributed by atoms with E-state index in [9.17, 15) is 13.2 Å². The van der Waals surface area contributed by atoms with Crippen molar-refractivity contribution >= 4 is 0 Å². The summed E-state index contributed by atoms with van der Waals surface area (Å²) in [5.74, 6) is 0. The van der Waals surface area contributed by atoms with Gasteiger partial charge in [0.25, 0.3) is 0 Å². The number of alkyl halides is 3. The third kappa shape index (κ3) is 1.85. The van der Waals surface area contributed by atoms with Crippen LogP contribution in [0.4, 0.5) is 13.2 Å². The van der Waals surface area contributed by atoms with Crippen LogP contribution in [0.1, 0.15) is 6.42 Å². The molecule has 2 nitrogen and oxygen atoms in total. The van der Waals surface area contributed by atoms with Crippen LogP contribution in [0.2, 0.25) is 0 Å². The molecule has 1 rings (SSSR count). The molecule has 1 unspecified atom stereocenters. The van der Waals surface area contributed by atoms with Crippen molar-refractivity contribution in [3.63, 3.8) is 0 Å². The number of hydrogen-bond donors (Lipinski definition) is 0. The Morgan fingerprint density at radius 1 is 1.30 bits per heavy atom. The van der Waals surface area contributed by atoms with Crippen LogP contribution in [0.25, 0.3) is 0 Å². The molecule has 0 amide bonds. The minimum atomic E-state index is -4.23. The van der Waals surface area contributed by atoms with Crippen LogP contribution in [0.3, 0.4) is 0 Å². The van der Waals surface area contributed by atoms with E-state index in [4.69, 9.17) is 0 Å². The summed E-state index contributed by atoms with van der Waals surface area (Å²) in [6.07, 6.45) is -5.95. The van der Waals surface area contributed by atoms with Gasteiger partial charge in [0.2, 0.25) is 0 Å². The zero-order valence-corrected chi connectivity index (χ0v) is 5.15. The summed E-state index contributed by atoms with van der Waals surface area (Å²) in [7, 11) is 0. The molecule has 0 spiro atoms. The average molecular weight is 156 g/mol. The molecule has 1 saturated heterocycles. The zero-order valence-electron chi connectivity index (χ0n) is 5.15. The lowest BCUT2D eigenvalue weighted by Crippen LogP contribution is -2.36. The minimum absolute atomic E-state index is 0.0938. The topological polar surface area (TPSA) is 18.5 Å². The highest BCUT2D eigenvalue weighted by Crippen LogP contribution is 2.26. The molecule has 0 aromatic carbocycles. The van der Waals surface area contributed by atoms with Gasteiger partial charge in [0.15, 0.2) is 6.10 Å². The third-order valence-corrected chi connectivity index (χ3v) is 1.24. The SMILES string of the molecule is FC(F)(F)C1CCOCO1. The van der Waals surface area contributed by atoms with Crippen LogP contribution in [-0.2, 0) is 9.47 Å². The summed E-state index contributed by atoms with van der Waals surface area (Å²) < 4.78 is 44.1. The van der Waals surface area contributed by atoms with Gasteiger partial charge in [0.1, 0.15) is 6.79 Å². The van der Waals surface area contributed by atoms with Gasteiger partial charge in [0.05, 0.1) is 6.61 Å². The molecule has 0 aromatic rings. The van der Waals surface area contributed by atoms with Gasteiger partial charge >= 0.3 is 6.18 Å². The lowest BCUT2D eigenvalue weighted by molar-refractivity contribution is -0.267. The van der Waals surface area contributed by atoms with Gasteiger partial charge in [-0.2, -0.15) is 13.2 Å². The van der Waals surface area contributed by atoms with E-state index in [1.54, 1.807) is 0 Å². The Morgan fingerprint density at radius 2 is 2.00 bits per heavy atom.